The first-order valence-corrected chi connectivity index (χ1v) is 6.94. The summed E-state index contributed by atoms with van der Waals surface area (Å²) in [6.07, 6.45) is -4.58. The summed E-state index contributed by atoms with van der Waals surface area (Å²) < 4.78 is 37.0. The molecular formula is C15H19F3N2O. The molecule has 1 N–H and O–H groups in total. The minimum atomic E-state index is -4.16. The van der Waals surface area contributed by atoms with Crippen molar-refractivity contribution in [1.82, 2.24) is 4.90 Å². The summed E-state index contributed by atoms with van der Waals surface area (Å²) in [4.78, 5) is 13.5. The van der Waals surface area contributed by atoms with Crippen molar-refractivity contribution in [3.63, 3.8) is 0 Å². The Morgan fingerprint density at radius 2 is 2.05 bits per heavy atom. The molecule has 1 atom stereocenters. The number of hydrogen-bond acceptors (Lipinski definition) is 1. The Balaban J connectivity index is 1.91. The second-order valence-corrected chi connectivity index (χ2v) is 5.65. The van der Waals surface area contributed by atoms with Crippen molar-refractivity contribution in [3.8, 4) is 0 Å². The Kier molecular flexibility index (Phi) is 4.44. The molecule has 0 aromatic heterocycles. The number of alkyl halides is 3. The van der Waals surface area contributed by atoms with E-state index in [0.717, 1.165) is 11.1 Å². The number of likely N-dealkylation sites (tertiary alicyclic amines) is 1. The van der Waals surface area contributed by atoms with Gasteiger partial charge in [-0.2, -0.15) is 13.2 Å². The van der Waals surface area contributed by atoms with E-state index >= 15 is 0 Å². The molecule has 6 heteroatoms. The minimum Gasteiger partial charge on any atom is -0.324 e. The summed E-state index contributed by atoms with van der Waals surface area (Å²) in [5.41, 5.74) is 2.85. The van der Waals surface area contributed by atoms with E-state index in [1.807, 2.05) is 26.0 Å². The molecule has 2 rings (SSSR count). The number of carbonyl (C=O) groups excluding carboxylic acids is 1. The van der Waals surface area contributed by atoms with Crippen LogP contribution in [0, 0.1) is 19.8 Å². The van der Waals surface area contributed by atoms with Crippen molar-refractivity contribution in [2.24, 2.45) is 5.92 Å². The molecule has 1 saturated heterocycles. The van der Waals surface area contributed by atoms with Gasteiger partial charge in [-0.3, -0.25) is 0 Å². The van der Waals surface area contributed by atoms with E-state index in [4.69, 9.17) is 0 Å². The van der Waals surface area contributed by atoms with Gasteiger partial charge in [0.1, 0.15) is 0 Å². The van der Waals surface area contributed by atoms with E-state index in [9.17, 15) is 18.0 Å². The van der Waals surface area contributed by atoms with Crippen LogP contribution < -0.4 is 5.32 Å². The van der Waals surface area contributed by atoms with Crippen molar-refractivity contribution >= 4 is 11.7 Å². The van der Waals surface area contributed by atoms with Crippen LogP contribution in [0.5, 0.6) is 0 Å². The van der Waals surface area contributed by atoms with E-state index in [-0.39, 0.29) is 12.6 Å². The zero-order valence-corrected chi connectivity index (χ0v) is 12.1. The van der Waals surface area contributed by atoms with Crippen LogP contribution in [0.1, 0.15) is 24.0 Å². The molecule has 0 saturated carbocycles. The molecule has 3 nitrogen and oxygen atoms in total. The zero-order valence-electron chi connectivity index (χ0n) is 12.1. The molecule has 1 fully saturated rings. The summed E-state index contributed by atoms with van der Waals surface area (Å²) in [5, 5.41) is 2.74. The lowest BCUT2D eigenvalue weighted by Crippen LogP contribution is -2.33. The monoisotopic (exact) mass is 300 g/mol. The lowest BCUT2D eigenvalue weighted by molar-refractivity contribution is -0.143. The van der Waals surface area contributed by atoms with Crippen LogP contribution in [0.2, 0.25) is 0 Å². The Bertz CT molecular complexity index is 528. The van der Waals surface area contributed by atoms with Crippen LogP contribution >= 0.6 is 0 Å². The number of halogens is 3. The van der Waals surface area contributed by atoms with E-state index in [1.165, 1.54) is 4.90 Å². The largest absolute Gasteiger partial charge is 0.389 e. The quantitative estimate of drug-likeness (QED) is 0.876. The van der Waals surface area contributed by atoms with Gasteiger partial charge in [-0.25, -0.2) is 4.79 Å². The highest BCUT2D eigenvalue weighted by Crippen LogP contribution is 2.30. The van der Waals surface area contributed by atoms with Crippen molar-refractivity contribution < 1.29 is 18.0 Å². The highest BCUT2D eigenvalue weighted by molar-refractivity contribution is 5.89. The summed E-state index contributed by atoms with van der Waals surface area (Å²) in [7, 11) is 0. The number of carbonyl (C=O) groups is 1. The fourth-order valence-corrected chi connectivity index (χ4v) is 2.53. The van der Waals surface area contributed by atoms with Gasteiger partial charge in [-0.1, -0.05) is 6.07 Å². The summed E-state index contributed by atoms with van der Waals surface area (Å²) in [6.45, 7) is 4.46. The van der Waals surface area contributed by atoms with Gasteiger partial charge in [-0.05, 0) is 49.4 Å². The summed E-state index contributed by atoms with van der Waals surface area (Å²) in [6, 6.07) is 5.23. The second kappa shape index (κ2) is 5.95. The van der Waals surface area contributed by atoms with Crippen LogP contribution in [-0.2, 0) is 0 Å². The number of hydrogen-bond donors (Lipinski definition) is 1. The maximum absolute atomic E-state index is 12.3. The van der Waals surface area contributed by atoms with Crippen molar-refractivity contribution in [3.05, 3.63) is 29.3 Å². The Hall–Kier alpha value is -1.72. The van der Waals surface area contributed by atoms with Gasteiger partial charge < -0.3 is 10.2 Å². The van der Waals surface area contributed by atoms with Crippen LogP contribution in [0.3, 0.4) is 0 Å². The lowest BCUT2D eigenvalue weighted by Gasteiger charge is -2.18. The molecule has 1 aromatic rings. The number of nitrogens with one attached hydrogen (secondary N) is 1. The summed E-state index contributed by atoms with van der Waals surface area (Å²) in [5.74, 6) is -0.490. The molecule has 0 aliphatic carbocycles. The molecular weight excluding hydrogens is 281 g/mol. The third-order valence-electron chi connectivity index (χ3n) is 3.85. The average Bonchev–Trinajstić information content (AvgIpc) is 2.80. The van der Waals surface area contributed by atoms with Gasteiger partial charge in [0.25, 0.3) is 0 Å². The topological polar surface area (TPSA) is 32.3 Å². The molecule has 0 radical (unpaired) electrons. The van der Waals surface area contributed by atoms with Crippen LogP contribution in [-0.4, -0.2) is 30.2 Å². The third-order valence-corrected chi connectivity index (χ3v) is 3.85. The average molecular weight is 300 g/mol. The number of benzene rings is 1. The molecule has 21 heavy (non-hydrogen) atoms. The normalized spacial score (nSPS) is 18.9. The van der Waals surface area contributed by atoms with Gasteiger partial charge in [0.2, 0.25) is 0 Å². The van der Waals surface area contributed by atoms with Crippen LogP contribution in [0.4, 0.5) is 23.7 Å². The lowest BCUT2D eigenvalue weighted by atomic mass is 10.1. The first-order valence-electron chi connectivity index (χ1n) is 6.94. The highest BCUT2D eigenvalue weighted by Gasteiger charge is 2.36. The third kappa shape index (κ3) is 4.37. The van der Waals surface area contributed by atoms with Gasteiger partial charge in [0.05, 0.1) is 0 Å². The Morgan fingerprint density at radius 1 is 1.33 bits per heavy atom. The molecule has 1 aliphatic heterocycles. The van der Waals surface area contributed by atoms with Crippen molar-refractivity contribution in [2.45, 2.75) is 32.9 Å². The van der Waals surface area contributed by atoms with Crippen LogP contribution in [0.15, 0.2) is 18.2 Å². The maximum atomic E-state index is 12.3. The second-order valence-electron chi connectivity index (χ2n) is 5.65. The Labute approximate surface area is 122 Å². The standard InChI is InChI=1S/C15H19F3N2O/c1-10-3-4-13(7-11(10)2)19-14(21)20-6-5-12(9-20)8-15(16,17)18/h3-4,7,12H,5-6,8-9H2,1-2H3,(H,19,21)/t12-/m0/s1. The van der Waals surface area contributed by atoms with Crippen LogP contribution in [0.25, 0.3) is 0 Å². The highest BCUT2D eigenvalue weighted by atomic mass is 19.4. The van der Waals surface area contributed by atoms with E-state index in [2.05, 4.69) is 5.32 Å². The SMILES string of the molecule is Cc1ccc(NC(=O)N2CC[C@@H](CC(F)(F)F)C2)cc1C. The van der Waals surface area contributed by atoms with Crippen molar-refractivity contribution in [1.29, 1.82) is 0 Å². The number of anilines is 1. The molecule has 116 valence electrons. The van der Waals surface area contributed by atoms with Crippen molar-refractivity contribution in [2.75, 3.05) is 18.4 Å². The van der Waals surface area contributed by atoms with Gasteiger partial charge in [0, 0.05) is 25.2 Å². The van der Waals surface area contributed by atoms with E-state index in [0.29, 0.717) is 18.7 Å². The zero-order chi connectivity index (χ0) is 15.6. The molecule has 2 amide bonds. The van der Waals surface area contributed by atoms with Gasteiger partial charge >= 0.3 is 12.2 Å². The number of aryl methyl sites for hydroxylation is 2. The first kappa shape index (κ1) is 15.7. The molecule has 0 spiro atoms. The predicted molar refractivity (Wildman–Crippen MR) is 75.3 cm³/mol. The fourth-order valence-electron chi connectivity index (χ4n) is 2.53. The molecule has 0 unspecified atom stereocenters. The van der Waals surface area contributed by atoms with Gasteiger partial charge in [0.15, 0.2) is 0 Å². The number of amides is 2. The summed E-state index contributed by atoms with van der Waals surface area (Å²) >= 11 is 0. The Morgan fingerprint density at radius 3 is 2.67 bits per heavy atom. The fraction of sp³-hybridized carbons (Fsp3) is 0.533. The number of nitrogens with zero attached hydrogens (tertiary/aromatic N) is 1. The predicted octanol–water partition coefficient (Wildman–Crippen LogP) is 4.11. The number of urea groups is 1. The minimum absolute atomic E-state index is 0.163. The van der Waals surface area contributed by atoms with E-state index < -0.39 is 18.5 Å². The molecule has 0 bridgehead atoms. The molecule has 1 aliphatic rings. The number of rotatable bonds is 2. The van der Waals surface area contributed by atoms with E-state index in [1.54, 1.807) is 6.07 Å². The first-order chi connectivity index (χ1) is 9.74. The molecule has 1 aromatic carbocycles. The smallest absolute Gasteiger partial charge is 0.324 e. The maximum Gasteiger partial charge on any atom is 0.389 e. The molecule has 1 heterocycles. The van der Waals surface area contributed by atoms with Gasteiger partial charge in [-0.15, -0.1) is 0 Å².